The van der Waals surface area contributed by atoms with Crippen LogP contribution in [0.4, 0.5) is 5.69 Å². The van der Waals surface area contributed by atoms with Crippen LogP contribution in [0.5, 0.6) is 5.75 Å². The van der Waals surface area contributed by atoms with Gasteiger partial charge in [-0.1, -0.05) is 45.2 Å². The third-order valence-corrected chi connectivity index (χ3v) is 4.32. The van der Waals surface area contributed by atoms with Gasteiger partial charge in [0, 0.05) is 6.04 Å². The molecule has 1 N–H and O–H groups in total. The van der Waals surface area contributed by atoms with Crippen molar-refractivity contribution in [3.8, 4) is 5.75 Å². The maximum Gasteiger partial charge on any atom is 0.238 e. The highest BCUT2D eigenvalue weighted by atomic mass is 16.5. The van der Waals surface area contributed by atoms with E-state index in [-0.39, 0.29) is 5.91 Å². The van der Waals surface area contributed by atoms with E-state index in [0.717, 1.165) is 11.4 Å². The molecule has 0 radical (unpaired) electrons. The van der Waals surface area contributed by atoms with Crippen LogP contribution in [-0.4, -0.2) is 37.0 Å². The zero-order chi connectivity index (χ0) is 16.7. The average Bonchev–Trinajstić information content (AvgIpc) is 2.54. The molecule has 0 atom stereocenters. The first kappa shape index (κ1) is 17.8. The Morgan fingerprint density at radius 3 is 2.65 bits per heavy atom. The number of nitrogens with one attached hydrogen (secondary N) is 1. The maximum absolute atomic E-state index is 12.3. The fourth-order valence-corrected chi connectivity index (χ4v) is 3.02. The van der Waals surface area contributed by atoms with E-state index in [2.05, 4.69) is 31.1 Å². The first-order valence-electron chi connectivity index (χ1n) is 8.78. The lowest BCUT2D eigenvalue weighted by atomic mass is 9.94. The summed E-state index contributed by atoms with van der Waals surface area (Å²) < 4.78 is 5.79. The Balaban J connectivity index is 1.89. The number of nitrogens with zero attached hydrogens (tertiary/aromatic N) is 1. The number of ether oxygens (including phenoxy) is 1. The molecule has 2 rings (SSSR count). The van der Waals surface area contributed by atoms with Crippen LogP contribution >= 0.6 is 0 Å². The minimum atomic E-state index is 0.0265. The minimum Gasteiger partial charge on any atom is -0.491 e. The standard InChI is InChI=1S/C19H30N2O2/c1-15(2)14-23-18-12-8-7-11-17(18)20-19(22)13-21(3)16-9-5-4-6-10-16/h7-8,11-12,15-16H,4-6,9-10,13-14H2,1-3H3,(H,20,22). The lowest BCUT2D eigenvalue weighted by Crippen LogP contribution is -2.39. The zero-order valence-electron chi connectivity index (χ0n) is 14.7. The van der Waals surface area contributed by atoms with Crippen molar-refractivity contribution in [3.05, 3.63) is 24.3 Å². The molecule has 0 saturated heterocycles. The highest BCUT2D eigenvalue weighted by Gasteiger charge is 2.20. The molecule has 0 aromatic heterocycles. The smallest absolute Gasteiger partial charge is 0.238 e. The average molecular weight is 318 g/mol. The molecule has 0 unspecified atom stereocenters. The molecular formula is C19H30N2O2. The van der Waals surface area contributed by atoms with Crippen LogP contribution in [0.25, 0.3) is 0 Å². The number of rotatable bonds is 7. The van der Waals surface area contributed by atoms with Gasteiger partial charge in [0.1, 0.15) is 5.75 Å². The van der Waals surface area contributed by atoms with E-state index in [4.69, 9.17) is 4.74 Å². The normalized spacial score (nSPS) is 15.9. The lowest BCUT2D eigenvalue weighted by Gasteiger charge is -2.30. The summed E-state index contributed by atoms with van der Waals surface area (Å²) in [5.41, 5.74) is 0.759. The first-order chi connectivity index (χ1) is 11.1. The number of carbonyl (C=O) groups is 1. The Hall–Kier alpha value is -1.55. The van der Waals surface area contributed by atoms with Crippen LogP contribution in [0, 0.1) is 5.92 Å². The fourth-order valence-electron chi connectivity index (χ4n) is 3.02. The quantitative estimate of drug-likeness (QED) is 0.828. The number of hydrogen-bond acceptors (Lipinski definition) is 3. The van der Waals surface area contributed by atoms with E-state index in [1.807, 2.05) is 24.3 Å². The second-order valence-corrected chi connectivity index (χ2v) is 6.96. The molecule has 1 aliphatic carbocycles. The number of amides is 1. The predicted molar refractivity (Wildman–Crippen MR) is 94.9 cm³/mol. The van der Waals surface area contributed by atoms with Crippen molar-refractivity contribution in [2.75, 3.05) is 25.5 Å². The molecule has 128 valence electrons. The summed E-state index contributed by atoms with van der Waals surface area (Å²) in [5, 5.41) is 3.00. The number of anilines is 1. The molecule has 0 aliphatic heterocycles. The molecule has 1 saturated carbocycles. The third-order valence-electron chi connectivity index (χ3n) is 4.32. The molecule has 1 fully saturated rings. The summed E-state index contributed by atoms with van der Waals surface area (Å²) in [6, 6.07) is 8.20. The van der Waals surface area contributed by atoms with Gasteiger partial charge in [0.2, 0.25) is 5.91 Å². The van der Waals surface area contributed by atoms with Crippen molar-refractivity contribution in [2.45, 2.75) is 52.0 Å². The van der Waals surface area contributed by atoms with Crippen molar-refractivity contribution < 1.29 is 9.53 Å². The monoisotopic (exact) mass is 318 g/mol. The highest BCUT2D eigenvalue weighted by Crippen LogP contribution is 2.25. The number of benzene rings is 1. The summed E-state index contributed by atoms with van der Waals surface area (Å²) in [7, 11) is 2.05. The van der Waals surface area contributed by atoms with Crippen molar-refractivity contribution in [2.24, 2.45) is 5.92 Å². The van der Waals surface area contributed by atoms with E-state index >= 15 is 0 Å². The SMILES string of the molecule is CC(C)COc1ccccc1NC(=O)CN(C)C1CCCCC1. The predicted octanol–water partition coefficient (Wildman–Crippen LogP) is 3.92. The molecule has 1 amide bonds. The molecule has 1 aliphatic rings. The van der Waals surface area contributed by atoms with E-state index < -0.39 is 0 Å². The van der Waals surface area contributed by atoms with Crippen molar-refractivity contribution in [3.63, 3.8) is 0 Å². The maximum atomic E-state index is 12.3. The number of carbonyl (C=O) groups excluding carboxylic acids is 1. The van der Waals surface area contributed by atoms with Crippen molar-refractivity contribution >= 4 is 11.6 Å². The molecule has 0 heterocycles. The summed E-state index contributed by atoms with van der Waals surface area (Å²) in [6.45, 7) is 5.30. The summed E-state index contributed by atoms with van der Waals surface area (Å²) in [4.78, 5) is 14.5. The molecule has 4 nitrogen and oxygen atoms in total. The van der Waals surface area contributed by atoms with Gasteiger partial charge in [0.25, 0.3) is 0 Å². The van der Waals surface area contributed by atoms with Crippen LogP contribution < -0.4 is 10.1 Å². The van der Waals surface area contributed by atoms with Gasteiger partial charge in [-0.3, -0.25) is 9.69 Å². The van der Waals surface area contributed by atoms with Crippen LogP contribution in [-0.2, 0) is 4.79 Å². The molecule has 0 bridgehead atoms. The van der Waals surface area contributed by atoms with E-state index in [1.165, 1.54) is 32.1 Å². The van der Waals surface area contributed by atoms with Crippen LogP contribution in [0.3, 0.4) is 0 Å². The Morgan fingerprint density at radius 2 is 1.96 bits per heavy atom. The Morgan fingerprint density at radius 1 is 1.26 bits per heavy atom. The van der Waals surface area contributed by atoms with Crippen LogP contribution in [0.15, 0.2) is 24.3 Å². The number of likely N-dealkylation sites (N-methyl/N-ethyl adjacent to an activating group) is 1. The lowest BCUT2D eigenvalue weighted by molar-refractivity contribution is -0.117. The third kappa shape index (κ3) is 5.87. The van der Waals surface area contributed by atoms with Crippen LogP contribution in [0.2, 0.25) is 0 Å². The van der Waals surface area contributed by atoms with Crippen LogP contribution in [0.1, 0.15) is 46.0 Å². The highest BCUT2D eigenvalue weighted by molar-refractivity contribution is 5.93. The van der Waals surface area contributed by atoms with Gasteiger partial charge in [0.15, 0.2) is 0 Å². The Labute approximate surface area is 140 Å². The van der Waals surface area contributed by atoms with Gasteiger partial charge in [0.05, 0.1) is 18.8 Å². The van der Waals surface area contributed by atoms with Crippen molar-refractivity contribution in [1.82, 2.24) is 4.90 Å². The first-order valence-corrected chi connectivity index (χ1v) is 8.78. The Kier molecular flexibility index (Phi) is 6.90. The second-order valence-electron chi connectivity index (χ2n) is 6.96. The topological polar surface area (TPSA) is 41.6 Å². The van der Waals surface area contributed by atoms with Gasteiger partial charge in [-0.15, -0.1) is 0 Å². The molecule has 4 heteroatoms. The van der Waals surface area contributed by atoms with E-state index in [1.54, 1.807) is 0 Å². The van der Waals surface area contributed by atoms with Gasteiger partial charge < -0.3 is 10.1 Å². The molecule has 23 heavy (non-hydrogen) atoms. The van der Waals surface area contributed by atoms with E-state index in [9.17, 15) is 4.79 Å². The summed E-state index contributed by atoms with van der Waals surface area (Å²) in [6.07, 6.45) is 6.30. The van der Waals surface area contributed by atoms with Gasteiger partial charge >= 0.3 is 0 Å². The number of para-hydroxylation sites is 2. The van der Waals surface area contributed by atoms with Gasteiger partial charge in [-0.05, 0) is 37.9 Å². The zero-order valence-corrected chi connectivity index (χ0v) is 14.7. The summed E-state index contributed by atoms with van der Waals surface area (Å²) >= 11 is 0. The van der Waals surface area contributed by atoms with Gasteiger partial charge in [-0.25, -0.2) is 0 Å². The molecule has 1 aromatic rings. The van der Waals surface area contributed by atoms with E-state index in [0.29, 0.717) is 25.1 Å². The second kappa shape index (κ2) is 8.92. The fraction of sp³-hybridized carbons (Fsp3) is 0.632. The minimum absolute atomic E-state index is 0.0265. The summed E-state index contributed by atoms with van der Waals surface area (Å²) in [5.74, 6) is 1.23. The molecule has 0 spiro atoms. The Bertz CT molecular complexity index is 496. The largest absolute Gasteiger partial charge is 0.491 e. The molecular weight excluding hydrogens is 288 g/mol. The van der Waals surface area contributed by atoms with Crippen molar-refractivity contribution in [1.29, 1.82) is 0 Å². The number of hydrogen-bond donors (Lipinski definition) is 1. The van der Waals surface area contributed by atoms with Gasteiger partial charge in [-0.2, -0.15) is 0 Å². The molecule has 1 aromatic carbocycles.